The fraction of sp³-hybridized carbons (Fsp3) is 0.0455. The summed E-state index contributed by atoms with van der Waals surface area (Å²) in [4.78, 5) is 19.6. The number of hydrogen-bond acceptors (Lipinski definition) is 7. The molecule has 8 nitrogen and oxygen atoms in total. The minimum Gasteiger partial charge on any atom is -0.339 e. The zero-order valence-electron chi connectivity index (χ0n) is 16.2. The Bertz CT molecular complexity index is 1310. The van der Waals surface area contributed by atoms with Gasteiger partial charge < -0.3 is 9.84 Å². The lowest BCUT2D eigenvalue weighted by atomic mass is 10.1. The number of carbonyl (C=O) groups excluding carboxylic acids is 1. The molecule has 0 aliphatic carbocycles. The van der Waals surface area contributed by atoms with Crippen molar-refractivity contribution in [3.05, 3.63) is 95.5 Å². The molecule has 5 rings (SSSR count). The van der Waals surface area contributed by atoms with Crippen LogP contribution in [0.25, 0.3) is 16.4 Å². The third-order valence-electron chi connectivity index (χ3n) is 4.53. The first kappa shape index (κ1) is 18.9. The van der Waals surface area contributed by atoms with Gasteiger partial charge in [0.05, 0.1) is 23.2 Å². The summed E-state index contributed by atoms with van der Waals surface area (Å²) in [5, 5.41) is 17.4. The maximum Gasteiger partial charge on any atom is 0.277 e. The Kier molecular flexibility index (Phi) is 5.07. The number of nitrogens with one attached hydrogen (secondary N) is 1. The van der Waals surface area contributed by atoms with E-state index in [0.717, 1.165) is 16.1 Å². The van der Waals surface area contributed by atoms with E-state index in [-0.39, 0.29) is 11.6 Å². The molecule has 152 valence electrons. The Labute approximate surface area is 181 Å². The summed E-state index contributed by atoms with van der Waals surface area (Å²) in [6, 6.07) is 20.8. The predicted octanol–water partition coefficient (Wildman–Crippen LogP) is 4.22. The van der Waals surface area contributed by atoms with E-state index < -0.39 is 0 Å². The molecule has 3 heterocycles. The highest BCUT2D eigenvalue weighted by Gasteiger charge is 2.16. The molecule has 0 radical (unpaired) electrons. The normalized spacial score (nSPS) is 10.8. The average Bonchev–Trinajstić information content (AvgIpc) is 3.57. The lowest BCUT2D eigenvalue weighted by Crippen LogP contribution is -2.14. The minimum atomic E-state index is -0.348. The molecule has 1 N–H and O–H groups in total. The highest BCUT2D eigenvalue weighted by atomic mass is 32.1. The Morgan fingerprint density at radius 1 is 1.03 bits per heavy atom. The number of rotatable bonds is 6. The molecular formula is C22H16N6O2S. The van der Waals surface area contributed by atoms with Crippen LogP contribution in [-0.4, -0.2) is 31.0 Å². The van der Waals surface area contributed by atoms with Crippen molar-refractivity contribution in [1.82, 2.24) is 25.1 Å². The van der Waals surface area contributed by atoms with Crippen molar-refractivity contribution >= 4 is 22.9 Å². The van der Waals surface area contributed by atoms with Gasteiger partial charge in [-0.05, 0) is 35.2 Å². The van der Waals surface area contributed by atoms with Gasteiger partial charge in [0.25, 0.3) is 5.91 Å². The maximum absolute atomic E-state index is 12.7. The van der Waals surface area contributed by atoms with Crippen LogP contribution in [0, 0.1) is 0 Å². The van der Waals surface area contributed by atoms with Crippen molar-refractivity contribution in [2.45, 2.75) is 6.42 Å². The molecule has 9 heteroatoms. The molecule has 5 aromatic rings. The van der Waals surface area contributed by atoms with Crippen LogP contribution in [0.4, 0.5) is 5.69 Å². The summed E-state index contributed by atoms with van der Waals surface area (Å²) in [6.07, 6.45) is 1.84. The highest BCUT2D eigenvalue weighted by Crippen LogP contribution is 2.24. The van der Waals surface area contributed by atoms with E-state index in [1.165, 1.54) is 11.0 Å². The molecular weight excluding hydrogens is 412 g/mol. The second kappa shape index (κ2) is 8.33. The lowest BCUT2D eigenvalue weighted by Gasteiger charge is -2.08. The van der Waals surface area contributed by atoms with Gasteiger partial charge in [0, 0.05) is 5.69 Å². The fourth-order valence-electron chi connectivity index (χ4n) is 3.03. The number of para-hydroxylation sites is 2. The van der Waals surface area contributed by atoms with Gasteiger partial charge in [0.2, 0.25) is 11.7 Å². The molecule has 31 heavy (non-hydrogen) atoms. The SMILES string of the molecule is O=C(Nc1ccccc1Cc1nc(-c2cccs2)no1)c1cnn(-c2ccccc2)n1. The first-order valence-electron chi connectivity index (χ1n) is 9.50. The summed E-state index contributed by atoms with van der Waals surface area (Å²) in [5.41, 5.74) is 2.50. The van der Waals surface area contributed by atoms with Crippen molar-refractivity contribution in [2.24, 2.45) is 0 Å². The summed E-state index contributed by atoms with van der Waals surface area (Å²) >= 11 is 1.55. The number of benzene rings is 2. The molecule has 1 amide bonds. The van der Waals surface area contributed by atoms with Crippen LogP contribution in [0.2, 0.25) is 0 Å². The third kappa shape index (κ3) is 4.12. The fourth-order valence-corrected chi connectivity index (χ4v) is 3.68. The van der Waals surface area contributed by atoms with Crippen LogP contribution in [0.3, 0.4) is 0 Å². The molecule has 3 aromatic heterocycles. The summed E-state index contributed by atoms with van der Waals surface area (Å²) in [5.74, 6) is 0.684. The van der Waals surface area contributed by atoms with Crippen LogP contribution in [-0.2, 0) is 6.42 Å². The van der Waals surface area contributed by atoms with Gasteiger partial charge in [0.1, 0.15) is 0 Å². The predicted molar refractivity (Wildman–Crippen MR) is 116 cm³/mol. The first-order chi connectivity index (χ1) is 15.3. The number of carbonyl (C=O) groups is 1. The number of anilines is 1. The van der Waals surface area contributed by atoms with E-state index in [4.69, 9.17) is 4.52 Å². The summed E-state index contributed by atoms with van der Waals surface area (Å²) < 4.78 is 5.40. The van der Waals surface area contributed by atoms with E-state index in [0.29, 0.717) is 23.8 Å². The third-order valence-corrected chi connectivity index (χ3v) is 5.39. The van der Waals surface area contributed by atoms with E-state index in [2.05, 4.69) is 25.7 Å². The van der Waals surface area contributed by atoms with Gasteiger partial charge >= 0.3 is 0 Å². The van der Waals surface area contributed by atoms with E-state index in [9.17, 15) is 4.79 Å². The molecule has 0 fully saturated rings. The molecule has 0 atom stereocenters. The molecule has 0 unspecified atom stereocenters. The van der Waals surface area contributed by atoms with Gasteiger partial charge in [0.15, 0.2) is 5.69 Å². The van der Waals surface area contributed by atoms with E-state index in [1.807, 2.05) is 72.1 Å². The second-order valence-electron chi connectivity index (χ2n) is 6.63. The summed E-state index contributed by atoms with van der Waals surface area (Å²) in [7, 11) is 0. The van der Waals surface area contributed by atoms with Gasteiger partial charge in [-0.3, -0.25) is 4.79 Å². The molecule has 0 aliphatic heterocycles. The monoisotopic (exact) mass is 428 g/mol. The molecule has 0 saturated heterocycles. The van der Waals surface area contributed by atoms with Crippen LogP contribution in [0.1, 0.15) is 21.9 Å². The molecule has 2 aromatic carbocycles. The van der Waals surface area contributed by atoms with Crippen LogP contribution in [0.5, 0.6) is 0 Å². The van der Waals surface area contributed by atoms with E-state index in [1.54, 1.807) is 11.3 Å². The largest absolute Gasteiger partial charge is 0.339 e. The van der Waals surface area contributed by atoms with Crippen molar-refractivity contribution in [3.63, 3.8) is 0 Å². The number of thiophene rings is 1. The lowest BCUT2D eigenvalue weighted by molar-refractivity contribution is 0.102. The molecule has 0 spiro atoms. The van der Waals surface area contributed by atoms with Crippen molar-refractivity contribution in [3.8, 4) is 16.4 Å². The van der Waals surface area contributed by atoms with Crippen LogP contribution in [0.15, 0.2) is 82.8 Å². The molecule has 0 bridgehead atoms. The van der Waals surface area contributed by atoms with Gasteiger partial charge in [-0.25, -0.2) is 0 Å². The van der Waals surface area contributed by atoms with Crippen LogP contribution < -0.4 is 5.32 Å². The van der Waals surface area contributed by atoms with Gasteiger partial charge in [-0.2, -0.15) is 14.9 Å². The first-order valence-corrected chi connectivity index (χ1v) is 10.4. The number of amides is 1. The average molecular weight is 428 g/mol. The molecule has 0 saturated carbocycles. The topological polar surface area (TPSA) is 98.7 Å². The van der Waals surface area contributed by atoms with Crippen LogP contribution >= 0.6 is 11.3 Å². The zero-order chi connectivity index (χ0) is 21.0. The number of aromatic nitrogens is 5. The van der Waals surface area contributed by atoms with Crippen molar-refractivity contribution in [1.29, 1.82) is 0 Å². The zero-order valence-corrected chi connectivity index (χ0v) is 17.0. The number of nitrogens with zero attached hydrogens (tertiary/aromatic N) is 5. The Balaban J connectivity index is 1.33. The molecule has 0 aliphatic rings. The second-order valence-corrected chi connectivity index (χ2v) is 7.58. The Hall–Kier alpha value is -4.11. The van der Waals surface area contributed by atoms with Crippen molar-refractivity contribution < 1.29 is 9.32 Å². The smallest absolute Gasteiger partial charge is 0.277 e. The van der Waals surface area contributed by atoms with Gasteiger partial charge in [-0.1, -0.05) is 47.6 Å². The van der Waals surface area contributed by atoms with Gasteiger partial charge in [-0.15, -0.1) is 16.4 Å². The Morgan fingerprint density at radius 3 is 2.71 bits per heavy atom. The Morgan fingerprint density at radius 2 is 1.87 bits per heavy atom. The van der Waals surface area contributed by atoms with Crippen molar-refractivity contribution in [2.75, 3.05) is 5.32 Å². The van der Waals surface area contributed by atoms with E-state index >= 15 is 0 Å². The quantitative estimate of drug-likeness (QED) is 0.435. The minimum absolute atomic E-state index is 0.219. The standard InChI is InChI=1S/C22H16N6O2S/c29-22(18-14-23-28(26-18)16-8-2-1-3-9-16)24-17-10-5-4-7-15(17)13-20-25-21(27-30-20)19-11-6-12-31-19/h1-12,14H,13H2,(H,24,29). The summed E-state index contributed by atoms with van der Waals surface area (Å²) in [6.45, 7) is 0. The highest BCUT2D eigenvalue weighted by molar-refractivity contribution is 7.13. The number of hydrogen-bond donors (Lipinski definition) is 1. The maximum atomic E-state index is 12.7.